The van der Waals surface area contributed by atoms with Gasteiger partial charge in [-0.2, -0.15) is 132 Å². The quantitative estimate of drug-likeness (QED) is 0.0657. The SMILES string of the molecule is FC(F)(F)c1cc([B-](c2cc(C(F)(F)F)cc(C(F)(F)F)c2)(c2cc(C(F)(F)F)cc(C(F)(F)F)c2)c2cc(C(F)(F)F)cc(C(F)(F)F)c2)cc(C(F)(F)F)c1.O=C(OCF)c1sc2ccccc2[n+]1Cc1ccccc1. The summed E-state index contributed by atoms with van der Waals surface area (Å²) in [5.41, 5.74) is -28.2. The molecule has 0 aliphatic carbocycles. The van der Waals surface area contributed by atoms with E-state index in [1.54, 1.807) is 0 Å². The van der Waals surface area contributed by atoms with Crippen LogP contribution in [-0.4, -0.2) is 19.0 Å². The molecule has 0 atom stereocenters. The van der Waals surface area contributed by atoms with E-state index in [-0.39, 0.29) is 0 Å². The molecule has 0 aliphatic heterocycles. The molecule has 0 bridgehead atoms. The molecule has 0 unspecified atom stereocenters. The van der Waals surface area contributed by atoms with Crippen LogP contribution in [0, 0.1) is 0 Å². The van der Waals surface area contributed by atoms with Crippen LogP contribution in [0.25, 0.3) is 10.2 Å². The number of benzene rings is 6. The molecule has 6 aromatic carbocycles. The lowest BCUT2D eigenvalue weighted by molar-refractivity contribution is -0.660. The molecule has 0 aliphatic rings. The van der Waals surface area contributed by atoms with Gasteiger partial charge in [-0.1, -0.05) is 102 Å². The Hall–Kier alpha value is -7.01. The number of rotatable bonds is 8. The van der Waals surface area contributed by atoms with E-state index in [4.69, 9.17) is 0 Å². The summed E-state index contributed by atoms with van der Waals surface area (Å²) in [5.74, 6) is -0.630. The topological polar surface area (TPSA) is 30.2 Å². The summed E-state index contributed by atoms with van der Waals surface area (Å²) >= 11 is 1.31. The predicted octanol–water partition coefficient (Wildman–Crippen LogP) is 14.5. The van der Waals surface area contributed by atoms with Crippen molar-refractivity contribution in [2.45, 2.75) is 56.0 Å². The van der Waals surface area contributed by atoms with Gasteiger partial charge in [0.2, 0.25) is 12.4 Å². The van der Waals surface area contributed by atoms with Crippen molar-refractivity contribution in [1.29, 1.82) is 0 Å². The van der Waals surface area contributed by atoms with E-state index in [0.29, 0.717) is 11.6 Å². The molecule has 1 heterocycles. The molecule has 418 valence electrons. The summed E-state index contributed by atoms with van der Waals surface area (Å²) in [6.07, 6.45) is -54.8. The number of para-hydroxylation sites is 1. The Morgan fingerprint density at radius 1 is 0.397 bits per heavy atom. The molecule has 0 fully saturated rings. The third kappa shape index (κ3) is 13.3. The van der Waals surface area contributed by atoms with E-state index in [0.717, 1.165) is 15.8 Å². The maximum atomic E-state index is 14.2. The lowest BCUT2D eigenvalue weighted by Crippen LogP contribution is -2.75. The number of aromatic nitrogens is 1. The molecule has 0 amide bonds. The minimum absolute atomic E-state index is 0.401. The number of halogens is 25. The molecule has 30 heteroatoms. The third-order valence-electron chi connectivity index (χ3n) is 11.6. The zero-order valence-corrected chi connectivity index (χ0v) is 38.6. The van der Waals surface area contributed by atoms with E-state index in [1.807, 2.05) is 59.2 Å². The average Bonchev–Trinajstić information content (AvgIpc) is 3.85. The highest BCUT2D eigenvalue weighted by Crippen LogP contribution is 2.41. The molecule has 7 aromatic rings. The maximum absolute atomic E-state index is 14.2. The fourth-order valence-corrected chi connectivity index (χ4v) is 9.34. The number of fused-ring (bicyclic) bond motifs is 1. The van der Waals surface area contributed by atoms with Gasteiger partial charge < -0.3 is 4.74 Å². The number of carbonyl (C=O) groups is 1. The van der Waals surface area contributed by atoms with Crippen molar-refractivity contribution in [1.82, 2.24) is 0 Å². The number of carbonyl (C=O) groups excluding carboxylic acids is 1. The van der Waals surface area contributed by atoms with Crippen LogP contribution in [0.2, 0.25) is 0 Å². The maximum Gasteiger partial charge on any atom is 0.417 e. The van der Waals surface area contributed by atoms with Crippen LogP contribution >= 0.6 is 11.3 Å². The number of hydrogen-bond donors (Lipinski definition) is 0. The number of ether oxygens (including phenoxy) is 1. The predicted molar refractivity (Wildman–Crippen MR) is 229 cm³/mol. The van der Waals surface area contributed by atoms with Gasteiger partial charge in [0.05, 0.1) is 44.5 Å². The Balaban J connectivity index is 0.000000387. The van der Waals surface area contributed by atoms with Crippen LogP contribution in [-0.2, 0) is 60.7 Å². The molecule has 78 heavy (non-hydrogen) atoms. The summed E-state index contributed by atoms with van der Waals surface area (Å²) in [6.45, 7) is -0.569. The second kappa shape index (κ2) is 21.0. The molecule has 3 nitrogen and oxygen atoms in total. The first kappa shape index (κ1) is 60.2. The van der Waals surface area contributed by atoms with Crippen molar-refractivity contribution in [2.75, 3.05) is 6.86 Å². The molecule has 0 N–H and O–H groups in total. The van der Waals surface area contributed by atoms with Gasteiger partial charge in [-0.15, -0.1) is 0 Å². The first-order chi connectivity index (χ1) is 35.6. The number of thiazole rings is 1. The average molecular weight is 1170 g/mol. The third-order valence-corrected chi connectivity index (χ3v) is 12.7. The number of alkyl halides is 25. The van der Waals surface area contributed by atoms with E-state index in [1.165, 1.54) is 11.3 Å². The van der Waals surface area contributed by atoms with Crippen molar-refractivity contribution < 1.29 is 124 Å². The van der Waals surface area contributed by atoms with E-state index >= 15 is 0 Å². The molecular weight excluding hydrogens is 1140 g/mol. The zero-order valence-electron chi connectivity index (χ0n) is 37.7. The van der Waals surface area contributed by atoms with Gasteiger partial charge in [0.1, 0.15) is 10.8 Å². The molecule has 0 saturated carbocycles. The normalized spacial score (nSPS) is 13.3. The molecule has 1 aromatic heterocycles. The van der Waals surface area contributed by atoms with Crippen molar-refractivity contribution in [3.8, 4) is 0 Å². The van der Waals surface area contributed by atoms with Gasteiger partial charge in [-0.3, -0.25) is 0 Å². The molecular formula is C48H25BF25NO2S. The zero-order chi connectivity index (χ0) is 58.6. The second-order valence-electron chi connectivity index (χ2n) is 16.7. The lowest BCUT2D eigenvalue weighted by Gasteiger charge is -2.46. The van der Waals surface area contributed by atoms with Crippen LogP contribution in [0.15, 0.2) is 127 Å². The van der Waals surface area contributed by atoms with E-state index in [2.05, 4.69) is 4.74 Å². The van der Waals surface area contributed by atoms with E-state index < -0.39 is 208 Å². The van der Waals surface area contributed by atoms with Crippen molar-refractivity contribution >= 4 is 55.5 Å². The van der Waals surface area contributed by atoms with Crippen molar-refractivity contribution in [3.05, 3.63) is 182 Å². The number of hydrogen-bond acceptors (Lipinski definition) is 3. The van der Waals surface area contributed by atoms with E-state index in [9.17, 15) is 115 Å². The summed E-state index contributed by atoms with van der Waals surface area (Å²) in [4.78, 5) is 12.0. The summed E-state index contributed by atoms with van der Waals surface area (Å²) in [7, 11) is 0. The molecule has 0 spiro atoms. The Bertz CT molecular complexity index is 2870. The van der Waals surface area contributed by atoms with Crippen LogP contribution in [0.3, 0.4) is 0 Å². The first-order valence-electron chi connectivity index (χ1n) is 21.1. The largest absolute Gasteiger partial charge is 0.425 e. The number of nitrogens with zero attached hydrogens (tertiary/aromatic N) is 1. The van der Waals surface area contributed by atoms with Crippen molar-refractivity contribution in [2.24, 2.45) is 0 Å². The summed E-state index contributed by atoms with van der Waals surface area (Å²) in [6, 6.07) is 8.72. The Labute approximate surface area is 424 Å². The van der Waals surface area contributed by atoms with Crippen LogP contribution in [0.4, 0.5) is 110 Å². The van der Waals surface area contributed by atoms with Crippen LogP contribution in [0.5, 0.6) is 0 Å². The number of esters is 1. The van der Waals surface area contributed by atoms with Gasteiger partial charge in [0.15, 0.2) is 6.54 Å². The Morgan fingerprint density at radius 2 is 0.667 bits per heavy atom. The Morgan fingerprint density at radius 3 is 0.936 bits per heavy atom. The fourth-order valence-electron chi connectivity index (χ4n) is 8.29. The highest BCUT2D eigenvalue weighted by Gasteiger charge is 2.47. The van der Waals surface area contributed by atoms with Gasteiger partial charge in [0, 0.05) is 11.6 Å². The van der Waals surface area contributed by atoms with Gasteiger partial charge in [-0.05, 0) is 30.3 Å². The molecule has 0 radical (unpaired) electrons. The van der Waals surface area contributed by atoms with Gasteiger partial charge >= 0.3 is 60.4 Å². The van der Waals surface area contributed by atoms with Gasteiger partial charge in [0.25, 0.3) is 0 Å². The van der Waals surface area contributed by atoms with Crippen LogP contribution in [0.1, 0.15) is 59.9 Å². The molecule has 7 rings (SSSR count). The highest BCUT2D eigenvalue weighted by molar-refractivity contribution is 7.20. The Kier molecular flexibility index (Phi) is 16.2. The lowest BCUT2D eigenvalue weighted by atomic mass is 9.12. The minimum Gasteiger partial charge on any atom is -0.425 e. The summed E-state index contributed by atoms with van der Waals surface area (Å²) < 4.78 is 360. The highest BCUT2D eigenvalue weighted by atomic mass is 32.1. The monoisotopic (exact) mass is 1170 g/mol. The smallest absolute Gasteiger partial charge is 0.417 e. The minimum atomic E-state index is -6.13. The van der Waals surface area contributed by atoms with Crippen molar-refractivity contribution in [3.63, 3.8) is 0 Å². The standard InChI is InChI=1S/C32H12BF24.C16H13FNO2S/c34-25(35,36)13-1-14(26(37,38)39)6-21(5-13)33(22-7-15(27(40,41)42)2-16(8-22)28(43,44)45,23-9-17(29(46,47)48)3-18(10-23)30(49,50)51)24-11-19(31(52,53)54)4-20(12-24)32(55,56)57;17-11-20-16(19)15-18(10-12-6-2-1-3-7-12)13-8-4-5-9-14(13)21-15/h1-12H;1-9H,10-11H2/q-1;+1. The first-order valence-corrected chi connectivity index (χ1v) is 21.9. The fraction of sp³-hybridized carbons (Fsp3) is 0.208. The second-order valence-corrected chi connectivity index (χ2v) is 17.7. The van der Waals surface area contributed by atoms with Gasteiger partial charge in [-0.25, -0.2) is 9.18 Å². The molecule has 0 saturated heterocycles. The van der Waals surface area contributed by atoms with Crippen LogP contribution < -0.4 is 26.4 Å². The summed E-state index contributed by atoms with van der Waals surface area (Å²) in [5, 5.41) is 0.401.